The van der Waals surface area contributed by atoms with Gasteiger partial charge in [-0.15, -0.1) is 0 Å². The van der Waals surface area contributed by atoms with E-state index >= 15 is 0 Å². The first-order chi connectivity index (χ1) is 3.98. The van der Waals surface area contributed by atoms with Gasteiger partial charge in [0.25, 0.3) is 0 Å². The third-order valence-electron chi connectivity index (χ3n) is 1.10. The minimum absolute atomic E-state index is 0.385. The molecule has 1 atom stereocenters. The van der Waals surface area contributed by atoms with Gasteiger partial charge in [-0.25, -0.2) is 0 Å². The number of nitrogens with zero attached hydrogens (tertiary/aromatic N) is 1. The molecule has 0 bridgehead atoms. The van der Waals surface area contributed by atoms with Crippen molar-refractivity contribution in [1.29, 1.82) is 0 Å². The van der Waals surface area contributed by atoms with Crippen LogP contribution in [0.1, 0.15) is 20.3 Å². The molecule has 2 N–H and O–H groups in total. The highest BCUT2D eigenvalue weighted by Gasteiger charge is 2.19. The Balaban J connectivity index is 4.01. The van der Waals surface area contributed by atoms with Gasteiger partial charge in [-0.1, -0.05) is 6.92 Å². The Morgan fingerprint density at radius 3 is 2.33 bits per heavy atom. The molecule has 0 radical (unpaired) electrons. The predicted octanol–water partition coefficient (Wildman–Crippen LogP) is 0.118. The second-order valence-electron chi connectivity index (χ2n) is 2.14. The minimum Gasteiger partial charge on any atom is -0.418 e. The lowest BCUT2D eigenvalue weighted by Crippen LogP contribution is -2.28. The van der Waals surface area contributed by atoms with Crippen LogP contribution in [0.25, 0.3) is 0 Å². The minimum atomic E-state index is -1.20. The Morgan fingerprint density at radius 2 is 2.22 bits per heavy atom. The Morgan fingerprint density at radius 1 is 1.78 bits per heavy atom. The van der Waals surface area contributed by atoms with Gasteiger partial charge >= 0.3 is 0 Å². The maximum Gasteiger partial charge on any atom is 0.240 e. The summed E-state index contributed by atoms with van der Waals surface area (Å²) < 4.78 is 0. The van der Waals surface area contributed by atoms with Gasteiger partial charge in [-0.05, 0) is 13.3 Å². The van der Waals surface area contributed by atoms with E-state index in [2.05, 4.69) is 0 Å². The molecule has 9 heavy (non-hydrogen) atoms. The van der Waals surface area contributed by atoms with E-state index in [1.54, 1.807) is 6.92 Å². The third kappa shape index (κ3) is 3.78. The van der Waals surface area contributed by atoms with Crippen LogP contribution < -0.4 is 0 Å². The van der Waals surface area contributed by atoms with Crippen LogP contribution in [0, 0.1) is 5.21 Å². The van der Waals surface area contributed by atoms with Gasteiger partial charge in [0, 0.05) is 4.90 Å². The van der Waals surface area contributed by atoms with E-state index in [4.69, 9.17) is 10.3 Å². The first-order valence-corrected chi connectivity index (χ1v) is 2.71. The normalized spacial score (nSPS) is 19.2. The maximum atomic E-state index is 9.87. The molecule has 0 amide bonds. The summed E-state index contributed by atoms with van der Waals surface area (Å²) in [6.07, 6.45) is 1.19. The van der Waals surface area contributed by atoms with Gasteiger partial charge in [0.05, 0.1) is 0 Å². The largest absolute Gasteiger partial charge is 0.418 e. The number of hydrogen-bond donors (Lipinski definition) is 2. The molecule has 4 nitrogen and oxygen atoms in total. The van der Waals surface area contributed by atoms with E-state index in [1.165, 1.54) is 6.92 Å². The highest BCUT2D eigenvalue weighted by Crippen LogP contribution is 2.02. The Bertz CT molecular complexity index is 115. The van der Waals surface area contributed by atoms with Gasteiger partial charge in [0.2, 0.25) is 6.21 Å². The number of hydrogen-bond acceptors (Lipinski definition) is 3. The van der Waals surface area contributed by atoms with Crippen molar-refractivity contribution in [3.63, 3.8) is 0 Å². The third-order valence-corrected chi connectivity index (χ3v) is 1.10. The summed E-state index contributed by atoms with van der Waals surface area (Å²) in [5.74, 6) is 0. The summed E-state index contributed by atoms with van der Waals surface area (Å²) in [5.41, 5.74) is -1.20. The van der Waals surface area contributed by atoms with Gasteiger partial charge in [-0.2, -0.15) is 0 Å². The Labute approximate surface area is 53.6 Å². The van der Waals surface area contributed by atoms with Gasteiger partial charge in [-0.3, -0.25) is 5.21 Å². The molecule has 0 aliphatic heterocycles. The first kappa shape index (κ1) is 8.23. The fraction of sp³-hybridized carbons (Fsp3) is 0.800. The van der Waals surface area contributed by atoms with Gasteiger partial charge < -0.3 is 10.3 Å². The lowest BCUT2D eigenvalue weighted by atomic mass is 10.1. The molecule has 54 valence electrons. The predicted molar refractivity (Wildman–Crippen MR) is 32.4 cm³/mol. The number of aliphatic hydroxyl groups is 1. The first-order valence-electron chi connectivity index (χ1n) is 2.71. The molecule has 0 saturated carbocycles. The van der Waals surface area contributed by atoms with Crippen molar-refractivity contribution in [2.75, 3.05) is 0 Å². The fourth-order valence-corrected chi connectivity index (χ4v) is 0.329. The van der Waals surface area contributed by atoms with Crippen molar-refractivity contribution in [1.82, 2.24) is 0 Å². The van der Waals surface area contributed by atoms with E-state index in [9.17, 15) is 5.21 Å². The molecule has 1 unspecified atom stereocenters. The summed E-state index contributed by atoms with van der Waals surface area (Å²) >= 11 is 0. The van der Waals surface area contributed by atoms with Crippen LogP contribution in [0.2, 0.25) is 0 Å². The van der Waals surface area contributed by atoms with Gasteiger partial charge in [0.15, 0.2) is 0 Å². The molecule has 0 rings (SSSR count). The van der Waals surface area contributed by atoms with Crippen molar-refractivity contribution in [3.8, 4) is 0 Å². The fourth-order valence-electron chi connectivity index (χ4n) is 0.329. The molecular formula is C5H11NO3. The average molecular weight is 133 g/mol. The maximum absolute atomic E-state index is 9.87. The summed E-state index contributed by atoms with van der Waals surface area (Å²) in [6.45, 7) is 3.15. The standard InChI is InChI=1S/C5H11NO3/c1-3-5(2,7)4-6(8)9/h4,7H,3H2,1-2H3,(H,8,9). The van der Waals surface area contributed by atoms with Crippen LogP contribution in [0.15, 0.2) is 0 Å². The highest BCUT2D eigenvalue weighted by atomic mass is 16.8. The molecule has 0 aliphatic rings. The van der Waals surface area contributed by atoms with Crippen LogP contribution in [-0.4, -0.2) is 27.0 Å². The van der Waals surface area contributed by atoms with Gasteiger partial charge in [0.1, 0.15) is 5.60 Å². The van der Waals surface area contributed by atoms with Crippen molar-refractivity contribution in [2.24, 2.45) is 0 Å². The van der Waals surface area contributed by atoms with E-state index in [0.717, 1.165) is 6.21 Å². The highest BCUT2D eigenvalue weighted by molar-refractivity contribution is 5.62. The van der Waals surface area contributed by atoms with E-state index < -0.39 is 5.60 Å². The van der Waals surface area contributed by atoms with Crippen LogP contribution in [0.4, 0.5) is 0 Å². The topological polar surface area (TPSA) is 66.5 Å². The summed E-state index contributed by atoms with van der Waals surface area (Å²) in [4.78, 5) is -0.385. The van der Waals surface area contributed by atoms with Crippen molar-refractivity contribution >= 4 is 6.21 Å². The molecule has 0 fully saturated rings. The second-order valence-corrected chi connectivity index (χ2v) is 2.14. The SMILES string of the molecule is CCC(C)(O)C=[N+]([O-])O. The van der Waals surface area contributed by atoms with Crippen molar-refractivity contribution in [3.05, 3.63) is 5.21 Å². The molecule has 0 aromatic rings. The molecule has 4 heteroatoms. The molecule has 0 spiro atoms. The molecule has 0 heterocycles. The van der Waals surface area contributed by atoms with Crippen LogP contribution in [0.3, 0.4) is 0 Å². The number of rotatable bonds is 2. The average Bonchev–Trinajstić information content (AvgIpc) is 1.63. The van der Waals surface area contributed by atoms with Crippen molar-refractivity contribution in [2.45, 2.75) is 25.9 Å². The lowest BCUT2D eigenvalue weighted by Gasteiger charge is -2.10. The zero-order valence-corrected chi connectivity index (χ0v) is 5.53. The Kier molecular flexibility index (Phi) is 2.45. The zero-order chi connectivity index (χ0) is 7.49. The van der Waals surface area contributed by atoms with E-state index in [-0.39, 0.29) is 4.90 Å². The smallest absolute Gasteiger partial charge is 0.240 e. The van der Waals surface area contributed by atoms with Crippen LogP contribution in [-0.2, 0) is 0 Å². The summed E-state index contributed by atoms with van der Waals surface area (Å²) in [6, 6.07) is 0. The molecule has 0 aliphatic carbocycles. The monoisotopic (exact) mass is 133 g/mol. The van der Waals surface area contributed by atoms with Crippen LogP contribution in [0.5, 0.6) is 0 Å². The summed E-state index contributed by atoms with van der Waals surface area (Å²) in [7, 11) is 0. The lowest BCUT2D eigenvalue weighted by molar-refractivity contribution is -0.724. The summed E-state index contributed by atoms with van der Waals surface area (Å²) in [5, 5.41) is 27.0. The second kappa shape index (κ2) is 2.68. The van der Waals surface area contributed by atoms with E-state index in [1.807, 2.05) is 0 Å². The quantitative estimate of drug-likeness (QED) is 0.243. The Hall–Kier alpha value is -0.770. The molecule has 0 saturated heterocycles. The molecular weight excluding hydrogens is 122 g/mol. The van der Waals surface area contributed by atoms with E-state index in [0.29, 0.717) is 6.42 Å². The zero-order valence-electron chi connectivity index (χ0n) is 5.53. The van der Waals surface area contributed by atoms with Crippen molar-refractivity contribution < 1.29 is 15.2 Å². The molecule has 0 aromatic carbocycles. The van der Waals surface area contributed by atoms with Crippen LogP contribution >= 0.6 is 0 Å². The molecule has 0 aromatic heterocycles.